The van der Waals surface area contributed by atoms with Crippen molar-refractivity contribution in [3.63, 3.8) is 0 Å². The maximum atomic E-state index is 11.7. The summed E-state index contributed by atoms with van der Waals surface area (Å²) < 4.78 is 5.07. The van der Waals surface area contributed by atoms with Crippen LogP contribution < -0.4 is 5.32 Å². The van der Waals surface area contributed by atoms with Gasteiger partial charge in [0.1, 0.15) is 24.6 Å². The zero-order chi connectivity index (χ0) is 19.2. The highest BCUT2D eigenvalue weighted by Crippen LogP contribution is 2.25. The summed E-state index contributed by atoms with van der Waals surface area (Å²) >= 11 is 0. The molecule has 0 radical (unpaired) electrons. The SMILES string of the molecule is O=C(NCC(O)C(O)c1ccc2cc(O)ccc2c1)OCc1ccccc1. The Balaban J connectivity index is 1.53. The molecular formula is C21H21NO5. The number of carbonyl (C=O) groups is 1. The first-order valence-electron chi connectivity index (χ1n) is 8.56. The van der Waals surface area contributed by atoms with Gasteiger partial charge in [0, 0.05) is 6.54 Å². The van der Waals surface area contributed by atoms with E-state index in [1.165, 1.54) is 0 Å². The molecule has 0 fully saturated rings. The summed E-state index contributed by atoms with van der Waals surface area (Å²) in [5.74, 6) is 0.161. The first kappa shape index (κ1) is 18.7. The van der Waals surface area contributed by atoms with Gasteiger partial charge in [-0.2, -0.15) is 0 Å². The first-order chi connectivity index (χ1) is 13.0. The van der Waals surface area contributed by atoms with Crippen LogP contribution in [0.4, 0.5) is 4.79 Å². The Morgan fingerprint density at radius 2 is 1.67 bits per heavy atom. The molecular weight excluding hydrogens is 346 g/mol. The predicted octanol–water partition coefficient (Wildman–Crippen LogP) is 2.87. The Morgan fingerprint density at radius 1 is 0.963 bits per heavy atom. The molecule has 0 bridgehead atoms. The van der Waals surface area contributed by atoms with Gasteiger partial charge >= 0.3 is 6.09 Å². The summed E-state index contributed by atoms with van der Waals surface area (Å²) in [6.07, 6.45) is -3.03. The van der Waals surface area contributed by atoms with Crippen LogP contribution >= 0.6 is 0 Å². The average Bonchev–Trinajstić information content (AvgIpc) is 2.70. The third-order valence-corrected chi connectivity index (χ3v) is 4.22. The number of rotatable bonds is 6. The molecule has 0 aliphatic rings. The summed E-state index contributed by atoms with van der Waals surface area (Å²) in [7, 11) is 0. The second kappa shape index (κ2) is 8.53. The van der Waals surface area contributed by atoms with Gasteiger partial charge in [-0.3, -0.25) is 0 Å². The minimum atomic E-state index is -1.19. The number of alkyl carbamates (subject to hydrolysis) is 1. The number of hydrogen-bond donors (Lipinski definition) is 4. The minimum Gasteiger partial charge on any atom is -0.508 e. The normalized spacial score (nSPS) is 13.1. The fourth-order valence-electron chi connectivity index (χ4n) is 2.73. The van der Waals surface area contributed by atoms with Crippen molar-refractivity contribution in [1.29, 1.82) is 0 Å². The van der Waals surface area contributed by atoms with Gasteiger partial charge in [0.05, 0.1) is 0 Å². The summed E-state index contributed by atoms with van der Waals surface area (Å²) in [5, 5.41) is 34.1. The molecule has 0 saturated carbocycles. The molecule has 3 rings (SSSR count). The molecule has 0 spiro atoms. The van der Waals surface area contributed by atoms with Gasteiger partial charge in [0.15, 0.2) is 0 Å². The largest absolute Gasteiger partial charge is 0.508 e. The van der Waals surface area contributed by atoms with E-state index in [1.54, 1.807) is 36.4 Å². The van der Waals surface area contributed by atoms with Gasteiger partial charge in [-0.1, -0.05) is 48.5 Å². The van der Waals surface area contributed by atoms with Gasteiger partial charge < -0.3 is 25.4 Å². The molecule has 6 nitrogen and oxygen atoms in total. The fourth-order valence-corrected chi connectivity index (χ4v) is 2.73. The number of fused-ring (bicyclic) bond motifs is 1. The van der Waals surface area contributed by atoms with Gasteiger partial charge in [0.2, 0.25) is 0 Å². The van der Waals surface area contributed by atoms with E-state index < -0.39 is 18.3 Å². The topological polar surface area (TPSA) is 99.0 Å². The van der Waals surface area contributed by atoms with Gasteiger partial charge in [-0.05, 0) is 40.1 Å². The number of aromatic hydroxyl groups is 1. The highest BCUT2D eigenvalue weighted by atomic mass is 16.5. The molecule has 0 heterocycles. The highest BCUT2D eigenvalue weighted by Gasteiger charge is 2.19. The Hall–Kier alpha value is -3.09. The van der Waals surface area contributed by atoms with E-state index in [9.17, 15) is 20.1 Å². The number of ether oxygens (including phenoxy) is 1. The number of phenolic OH excluding ortho intramolecular Hbond substituents is 1. The molecule has 3 aromatic rings. The smallest absolute Gasteiger partial charge is 0.407 e. The molecule has 0 saturated heterocycles. The quantitative estimate of drug-likeness (QED) is 0.537. The molecule has 6 heteroatoms. The van der Waals surface area contributed by atoms with E-state index in [0.29, 0.717) is 5.56 Å². The standard InChI is InChI=1S/C21H21NO5/c23-18-9-8-15-10-17(7-6-16(15)11-18)20(25)19(24)12-22-21(26)27-13-14-4-2-1-3-5-14/h1-11,19-20,23-25H,12-13H2,(H,22,26). The number of benzene rings is 3. The van der Waals surface area contributed by atoms with Gasteiger partial charge in [0.25, 0.3) is 0 Å². The van der Waals surface area contributed by atoms with Crippen molar-refractivity contribution in [2.45, 2.75) is 18.8 Å². The zero-order valence-electron chi connectivity index (χ0n) is 14.6. The van der Waals surface area contributed by atoms with Crippen molar-refractivity contribution in [2.24, 2.45) is 0 Å². The van der Waals surface area contributed by atoms with Crippen LogP contribution in [0.15, 0.2) is 66.7 Å². The fraction of sp³-hybridized carbons (Fsp3) is 0.190. The van der Waals surface area contributed by atoms with E-state index in [1.807, 2.05) is 30.3 Å². The summed E-state index contributed by atoms with van der Waals surface area (Å²) in [5.41, 5.74) is 1.37. The van der Waals surface area contributed by atoms with Crippen LogP contribution in [-0.2, 0) is 11.3 Å². The Morgan fingerprint density at radius 3 is 2.44 bits per heavy atom. The summed E-state index contributed by atoms with van der Waals surface area (Å²) in [4.78, 5) is 11.7. The number of nitrogens with one attached hydrogen (secondary N) is 1. The lowest BCUT2D eigenvalue weighted by atomic mass is 10.00. The zero-order valence-corrected chi connectivity index (χ0v) is 14.6. The molecule has 0 aliphatic heterocycles. The van der Waals surface area contributed by atoms with Crippen LogP contribution in [0.1, 0.15) is 17.2 Å². The van der Waals surface area contributed by atoms with E-state index in [2.05, 4.69) is 5.32 Å². The van der Waals surface area contributed by atoms with Crippen molar-refractivity contribution in [3.05, 3.63) is 77.9 Å². The Bertz CT molecular complexity index is 913. The van der Waals surface area contributed by atoms with E-state index in [4.69, 9.17) is 4.74 Å². The monoisotopic (exact) mass is 367 g/mol. The van der Waals surface area contributed by atoms with E-state index in [-0.39, 0.29) is 18.9 Å². The number of aliphatic hydroxyl groups is 2. The van der Waals surface area contributed by atoms with Gasteiger partial charge in [-0.15, -0.1) is 0 Å². The molecule has 1 amide bonds. The minimum absolute atomic E-state index is 0.128. The number of carbonyl (C=O) groups excluding carboxylic acids is 1. The number of hydrogen-bond acceptors (Lipinski definition) is 5. The van der Waals surface area contributed by atoms with Crippen LogP contribution in [-0.4, -0.2) is 34.1 Å². The van der Waals surface area contributed by atoms with E-state index >= 15 is 0 Å². The van der Waals surface area contributed by atoms with Crippen LogP contribution in [0.2, 0.25) is 0 Å². The third-order valence-electron chi connectivity index (χ3n) is 4.22. The third kappa shape index (κ3) is 4.97. The molecule has 0 aromatic heterocycles. The predicted molar refractivity (Wildman–Crippen MR) is 101 cm³/mol. The molecule has 3 aromatic carbocycles. The van der Waals surface area contributed by atoms with Crippen LogP contribution in [0.3, 0.4) is 0 Å². The average molecular weight is 367 g/mol. The van der Waals surface area contributed by atoms with Crippen LogP contribution in [0.5, 0.6) is 5.75 Å². The molecule has 4 N–H and O–H groups in total. The van der Waals surface area contributed by atoms with E-state index in [0.717, 1.165) is 16.3 Å². The molecule has 2 unspecified atom stereocenters. The number of aliphatic hydroxyl groups excluding tert-OH is 2. The van der Waals surface area contributed by atoms with Crippen molar-refractivity contribution in [2.75, 3.05) is 6.54 Å². The van der Waals surface area contributed by atoms with Crippen LogP contribution in [0.25, 0.3) is 10.8 Å². The van der Waals surface area contributed by atoms with Crippen molar-refractivity contribution in [3.8, 4) is 5.75 Å². The molecule has 27 heavy (non-hydrogen) atoms. The maximum Gasteiger partial charge on any atom is 0.407 e. The number of amides is 1. The molecule has 140 valence electrons. The summed E-state index contributed by atoms with van der Waals surface area (Å²) in [6.45, 7) is -0.0226. The van der Waals surface area contributed by atoms with Crippen molar-refractivity contribution < 1.29 is 24.9 Å². The maximum absolute atomic E-state index is 11.7. The van der Waals surface area contributed by atoms with Crippen molar-refractivity contribution >= 4 is 16.9 Å². The van der Waals surface area contributed by atoms with Crippen LogP contribution in [0, 0.1) is 0 Å². The second-order valence-electron chi connectivity index (χ2n) is 6.25. The van der Waals surface area contributed by atoms with Gasteiger partial charge in [-0.25, -0.2) is 4.79 Å². The lowest BCUT2D eigenvalue weighted by Crippen LogP contribution is -2.35. The lowest BCUT2D eigenvalue weighted by molar-refractivity contribution is 0.0185. The highest BCUT2D eigenvalue weighted by molar-refractivity contribution is 5.84. The molecule has 2 atom stereocenters. The Labute approximate surface area is 156 Å². The van der Waals surface area contributed by atoms with Crippen molar-refractivity contribution in [1.82, 2.24) is 5.32 Å². The molecule has 0 aliphatic carbocycles. The Kier molecular flexibility index (Phi) is 5.90. The first-order valence-corrected chi connectivity index (χ1v) is 8.56. The summed E-state index contributed by atoms with van der Waals surface area (Å²) in [6, 6.07) is 19.3. The second-order valence-corrected chi connectivity index (χ2v) is 6.25. The number of phenols is 1. The lowest BCUT2D eigenvalue weighted by Gasteiger charge is -2.19.